The van der Waals surface area contributed by atoms with Crippen LogP contribution in [0.25, 0.3) is 0 Å². The van der Waals surface area contributed by atoms with Gasteiger partial charge in [-0.25, -0.2) is 0 Å². The van der Waals surface area contributed by atoms with E-state index in [1.54, 1.807) is 36.4 Å². The summed E-state index contributed by atoms with van der Waals surface area (Å²) < 4.78 is 25.6. The highest BCUT2D eigenvalue weighted by molar-refractivity contribution is 7.81. The second-order valence-corrected chi connectivity index (χ2v) is 5.94. The van der Waals surface area contributed by atoms with E-state index in [9.17, 15) is 9.00 Å². The Morgan fingerprint density at radius 1 is 1.26 bits per heavy atom. The molecule has 2 unspecified atom stereocenters. The zero-order valence-electron chi connectivity index (χ0n) is 12.2. The lowest BCUT2D eigenvalue weighted by Gasteiger charge is -2.24. The Hall–Kier alpha value is -2.54. The van der Waals surface area contributed by atoms with Gasteiger partial charge in [0.2, 0.25) is 0 Å². The number of para-hydroxylation sites is 1. The minimum absolute atomic E-state index is 0.463. The molecule has 1 aliphatic rings. The Kier molecular flexibility index (Phi) is 4.47. The lowest BCUT2D eigenvalue weighted by atomic mass is 10.0. The number of hydrogen-bond acceptors (Lipinski definition) is 4. The predicted octanol–water partition coefficient (Wildman–Crippen LogP) is 1.94. The van der Waals surface area contributed by atoms with Crippen LogP contribution in [0.15, 0.2) is 48.5 Å². The smallest absolute Gasteiger partial charge is 0.316 e. The molecule has 0 aromatic heterocycles. The normalized spacial score (nSPS) is 17.5. The maximum Gasteiger partial charge on any atom is 0.316 e. The monoisotopic (exact) mass is 332 g/mol. The molecule has 7 heteroatoms. The summed E-state index contributed by atoms with van der Waals surface area (Å²) in [7, 11) is 0. The van der Waals surface area contributed by atoms with Crippen LogP contribution >= 0.6 is 0 Å². The van der Waals surface area contributed by atoms with Crippen molar-refractivity contribution in [1.82, 2.24) is 0 Å². The van der Waals surface area contributed by atoms with Gasteiger partial charge >= 0.3 is 11.3 Å². The Morgan fingerprint density at radius 2 is 2.04 bits per heavy atom. The maximum atomic E-state index is 12.0. The number of nitrogens with two attached hydrogens (primary N) is 1. The number of benzene rings is 2. The van der Waals surface area contributed by atoms with Gasteiger partial charge in [0.1, 0.15) is 11.5 Å². The Labute approximate surface area is 136 Å². The summed E-state index contributed by atoms with van der Waals surface area (Å²) in [6.07, 6.45) is 0.622. The molecule has 0 saturated carbocycles. The second kappa shape index (κ2) is 6.70. The van der Waals surface area contributed by atoms with Crippen molar-refractivity contribution in [2.75, 3.05) is 4.72 Å². The van der Waals surface area contributed by atoms with Crippen molar-refractivity contribution in [3.63, 3.8) is 0 Å². The van der Waals surface area contributed by atoms with Crippen LogP contribution in [0, 0.1) is 0 Å². The molecule has 0 saturated heterocycles. The van der Waals surface area contributed by atoms with Gasteiger partial charge in [-0.2, -0.15) is 4.21 Å². The lowest BCUT2D eigenvalue weighted by molar-refractivity contribution is -0.125. The summed E-state index contributed by atoms with van der Waals surface area (Å²) in [5, 5.41) is 0. The molecule has 6 nitrogen and oxygen atoms in total. The SMILES string of the molecule is NC(=O)C1CCc2cc(NS(=O)Oc3ccccc3)ccc2O1. The maximum absolute atomic E-state index is 12.0. The third kappa shape index (κ3) is 3.81. The van der Waals surface area contributed by atoms with Crippen molar-refractivity contribution in [3.05, 3.63) is 54.1 Å². The third-order valence-electron chi connectivity index (χ3n) is 3.44. The van der Waals surface area contributed by atoms with Crippen LogP contribution in [0.1, 0.15) is 12.0 Å². The highest BCUT2D eigenvalue weighted by Crippen LogP contribution is 2.30. The van der Waals surface area contributed by atoms with Gasteiger partial charge in [-0.05, 0) is 48.7 Å². The molecule has 2 atom stereocenters. The summed E-state index contributed by atoms with van der Waals surface area (Å²) in [4.78, 5) is 11.2. The van der Waals surface area contributed by atoms with Crippen LogP contribution in [0.3, 0.4) is 0 Å². The molecular formula is C16H16N2O4S. The molecule has 1 aliphatic heterocycles. The van der Waals surface area contributed by atoms with Crippen LogP contribution in [0.2, 0.25) is 0 Å². The molecule has 0 fully saturated rings. The van der Waals surface area contributed by atoms with Gasteiger partial charge in [-0.3, -0.25) is 9.52 Å². The van der Waals surface area contributed by atoms with E-state index in [1.807, 2.05) is 12.1 Å². The van der Waals surface area contributed by atoms with Crippen molar-refractivity contribution in [1.29, 1.82) is 0 Å². The minimum Gasteiger partial charge on any atom is -0.480 e. The van der Waals surface area contributed by atoms with Gasteiger partial charge < -0.3 is 14.7 Å². The number of fused-ring (bicyclic) bond motifs is 1. The summed E-state index contributed by atoms with van der Waals surface area (Å²) in [6, 6.07) is 14.2. The van der Waals surface area contributed by atoms with E-state index < -0.39 is 23.3 Å². The zero-order valence-corrected chi connectivity index (χ0v) is 13.0. The third-order valence-corrected chi connectivity index (χ3v) is 4.19. The van der Waals surface area contributed by atoms with Crippen LogP contribution in [0.4, 0.5) is 5.69 Å². The molecule has 23 heavy (non-hydrogen) atoms. The Morgan fingerprint density at radius 3 is 2.78 bits per heavy atom. The van der Waals surface area contributed by atoms with E-state index in [4.69, 9.17) is 14.7 Å². The van der Waals surface area contributed by atoms with E-state index >= 15 is 0 Å². The topological polar surface area (TPSA) is 90.7 Å². The zero-order chi connectivity index (χ0) is 16.2. The van der Waals surface area contributed by atoms with Crippen molar-refractivity contribution >= 4 is 22.9 Å². The van der Waals surface area contributed by atoms with E-state index in [0.29, 0.717) is 30.0 Å². The molecule has 0 spiro atoms. The van der Waals surface area contributed by atoms with Crippen LogP contribution in [0.5, 0.6) is 11.5 Å². The predicted molar refractivity (Wildman–Crippen MR) is 87.2 cm³/mol. The highest BCUT2D eigenvalue weighted by atomic mass is 32.2. The minimum atomic E-state index is -1.70. The molecule has 0 aliphatic carbocycles. The second-order valence-electron chi connectivity index (χ2n) is 5.10. The number of hydrogen-bond donors (Lipinski definition) is 2. The van der Waals surface area contributed by atoms with Crippen molar-refractivity contribution in [2.45, 2.75) is 18.9 Å². The highest BCUT2D eigenvalue weighted by Gasteiger charge is 2.24. The molecule has 0 bridgehead atoms. The van der Waals surface area contributed by atoms with Gasteiger partial charge in [0, 0.05) is 5.69 Å². The molecule has 0 radical (unpaired) electrons. The fraction of sp³-hybridized carbons (Fsp3) is 0.188. The molecule has 3 N–H and O–H groups in total. The van der Waals surface area contributed by atoms with Gasteiger partial charge in [-0.15, -0.1) is 0 Å². The van der Waals surface area contributed by atoms with Crippen LogP contribution < -0.4 is 19.4 Å². The number of anilines is 1. The van der Waals surface area contributed by atoms with E-state index in [1.165, 1.54) is 0 Å². The molecule has 2 aromatic carbocycles. The van der Waals surface area contributed by atoms with Crippen LogP contribution in [-0.2, 0) is 22.5 Å². The number of amides is 1. The first kappa shape index (κ1) is 15.4. The quantitative estimate of drug-likeness (QED) is 0.875. The average Bonchev–Trinajstić information content (AvgIpc) is 2.55. The summed E-state index contributed by atoms with van der Waals surface area (Å²) in [5.41, 5.74) is 6.85. The van der Waals surface area contributed by atoms with E-state index in [0.717, 1.165) is 5.56 Å². The number of ether oxygens (including phenoxy) is 1. The van der Waals surface area contributed by atoms with Crippen LogP contribution in [-0.4, -0.2) is 16.2 Å². The fourth-order valence-electron chi connectivity index (χ4n) is 2.33. The van der Waals surface area contributed by atoms with Gasteiger partial charge in [0.25, 0.3) is 5.91 Å². The number of carbonyl (C=O) groups excluding carboxylic acids is 1. The average molecular weight is 332 g/mol. The molecular weight excluding hydrogens is 316 g/mol. The fourth-order valence-corrected chi connectivity index (χ4v) is 2.98. The first-order chi connectivity index (χ1) is 11.1. The summed E-state index contributed by atoms with van der Waals surface area (Å²) in [6.45, 7) is 0. The standard InChI is InChI=1S/C16H16N2O4S/c17-16(19)15-8-6-11-10-12(7-9-14(11)21-15)18-23(20)22-13-4-2-1-3-5-13/h1-5,7,9-10,15,18H,6,8H2,(H2,17,19). The number of carbonyl (C=O) groups is 1. The summed E-state index contributed by atoms with van der Waals surface area (Å²) in [5.74, 6) is 0.680. The lowest BCUT2D eigenvalue weighted by Crippen LogP contribution is -2.36. The number of aryl methyl sites for hydroxylation is 1. The van der Waals surface area contributed by atoms with Crippen molar-refractivity contribution < 1.29 is 17.9 Å². The first-order valence-corrected chi connectivity index (χ1v) is 8.20. The van der Waals surface area contributed by atoms with Gasteiger partial charge in [0.05, 0.1) is 0 Å². The Balaban J connectivity index is 1.66. The van der Waals surface area contributed by atoms with Gasteiger partial charge in [-0.1, -0.05) is 18.2 Å². The van der Waals surface area contributed by atoms with Crippen molar-refractivity contribution in [2.24, 2.45) is 5.73 Å². The number of nitrogens with one attached hydrogen (secondary N) is 1. The molecule has 120 valence electrons. The van der Waals surface area contributed by atoms with E-state index in [2.05, 4.69) is 4.72 Å². The molecule has 3 rings (SSSR count). The molecule has 1 amide bonds. The first-order valence-electron chi connectivity index (χ1n) is 7.12. The van der Waals surface area contributed by atoms with Crippen molar-refractivity contribution in [3.8, 4) is 11.5 Å². The van der Waals surface area contributed by atoms with E-state index in [-0.39, 0.29) is 0 Å². The largest absolute Gasteiger partial charge is 0.480 e. The summed E-state index contributed by atoms with van der Waals surface area (Å²) >= 11 is -1.70. The molecule has 2 aromatic rings. The number of rotatable bonds is 5. The number of primary amides is 1. The van der Waals surface area contributed by atoms with Gasteiger partial charge in [0.15, 0.2) is 6.10 Å². The Bertz CT molecular complexity index is 736. The molecule has 1 heterocycles.